The lowest BCUT2D eigenvalue weighted by atomic mass is 9.95. The van der Waals surface area contributed by atoms with Gasteiger partial charge in [-0.1, -0.05) is 19.3 Å². The molecule has 4 heteroatoms. The molecule has 1 amide bonds. The number of piperidine rings is 1. The van der Waals surface area contributed by atoms with Crippen LogP contribution in [-0.4, -0.2) is 49.6 Å². The van der Waals surface area contributed by atoms with Gasteiger partial charge in [0.05, 0.1) is 0 Å². The largest absolute Gasteiger partial charge is 0.354 e. The van der Waals surface area contributed by atoms with E-state index in [-0.39, 0.29) is 11.4 Å². The van der Waals surface area contributed by atoms with E-state index in [1.54, 1.807) is 0 Å². The molecule has 4 nitrogen and oxygen atoms in total. The van der Waals surface area contributed by atoms with Crippen LogP contribution in [0, 0.1) is 0 Å². The highest BCUT2D eigenvalue weighted by molar-refractivity contribution is 5.76. The molecule has 0 aromatic heterocycles. The number of nitrogens with one attached hydrogen (secondary N) is 2. The van der Waals surface area contributed by atoms with E-state index in [2.05, 4.69) is 29.6 Å². The number of carbonyl (C=O) groups excluding carboxylic acids is 1. The van der Waals surface area contributed by atoms with E-state index in [0.717, 1.165) is 19.5 Å². The van der Waals surface area contributed by atoms with Crippen LogP contribution in [0.3, 0.4) is 0 Å². The third-order valence-corrected chi connectivity index (χ3v) is 5.23. The van der Waals surface area contributed by atoms with Gasteiger partial charge in [-0.25, -0.2) is 0 Å². The van der Waals surface area contributed by atoms with E-state index < -0.39 is 0 Å². The standard InChI is InChI=1S/C16H31N3O/c1-19(2)16(10-4-5-11-16)13-18-15(20)9-8-14-7-3-6-12-17-14/h14,17H,3-13H2,1-2H3,(H,18,20). The fraction of sp³-hybridized carbons (Fsp3) is 0.938. The Morgan fingerprint density at radius 3 is 2.60 bits per heavy atom. The van der Waals surface area contributed by atoms with E-state index in [1.807, 2.05) is 0 Å². The van der Waals surface area contributed by atoms with Gasteiger partial charge in [-0.3, -0.25) is 4.79 Å². The highest BCUT2D eigenvalue weighted by Crippen LogP contribution is 2.33. The Balaban J connectivity index is 1.68. The SMILES string of the molecule is CN(C)C1(CNC(=O)CCC2CCCCN2)CCCC1. The van der Waals surface area contributed by atoms with Crippen molar-refractivity contribution in [3.05, 3.63) is 0 Å². The number of likely N-dealkylation sites (N-methyl/N-ethyl adjacent to an activating group) is 1. The maximum absolute atomic E-state index is 12.0. The van der Waals surface area contributed by atoms with E-state index >= 15 is 0 Å². The molecule has 0 radical (unpaired) electrons. The van der Waals surface area contributed by atoms with Gasteiger partial charge >= 0.3 is 0 Å². The molecule has 1 aliphatic carbocycles. The van der Waals surface area contributed by atoms with Crippen molar-refractivity contribution in [1.29, 1.82) is 0 Å². The monoisotopic (exact) mass is 281 g/mol. The third-order valence-electron chi connectivity index (χ3n) is 5.23. The van der Waals surface area contributed by atoms with Gasteiger partial charge in [0.2, 0.25) is 5.91 Å². The topological polar surface area (TPSA) is 44.4 Å². The summed E-state index contributed by atoms with van der Waals surface area (Å²) in [4.78, 5) is 14.4. The molecule has 2 fully saturated rings. The molecule has 0 spiro atoms. The van der Waals surface area contributed by atoms with Crippen LogP contribution >= 0.6 is 0 Å². The predicted molar refractivity (Wildman–Crippen MR) is 82.8 cm³/mol. The van der Waals surface area contributed by atoms with Crippen molar-refractivity contribution in [2.45, 2.75) is 69.4 Å². The first-order chi connectivity index (χ1) is 9.62. The number of rotatable bonds is 6. The first-order valence-corrected chi connectivity index (χ1v) is 8.30. The second kappa shape index (κ2) is 7.41. The summed E-state index contributed by atoms with van der Waals surface area (Å²) in [5.74, 6) is 0.227. The molecule has 20 heavy (non-hydrogen) atoms. The van der Waals surface area contributed by atoms with Gasteiger partial charge in [-0.15, -0.1) is 0 Å². The van der Waals surface area contributed by atoms with E-state index in [1.165, 1.54) is 44.9 Å². The van der Waals surface area contributed by atoms with Crippen LogP contribution in [0.25, 0.3) is 0 Å². The normalized spacial score (nSPS) is 25.9. The second-order valence-corrected chi connectivity index (χ2v) is 6.79. The molecule has 1 heterocycles. The molecule has 116 valence electrons. The molecule has 1 unspecified atom stereocenters. The third kappa shape index (κ3) is 4.19. The van der Waals surface area contributed by atoms with Gasteiger partial charge in [0.25, 0.3) is 0 Å². The zero-order chi connectivity index (χ0) is 14.4. The highest BCUT2D eigenvalue weighted by atomic mass is 16.1. The molecule has 1 atom stereocenters. The lowest BCUT2D eigenvalue weighted by Gasteiger charge is -2.36. The summed E-state index contributed by atoms with van der Waals surface area (Å²) in [6.07, 6.45) is 10.5. The summed E-state index contributed by atoms with van der Waals surface area (Å²) in [5, 5.41) is 6.69. The van der Waals surface area contributed by atoms with Crippen LogP contribution in [-0.2, 0) is 4.79 Å². The lowest BCUT2D eigenvalue weighted by Crippen LogP contribution is -2.50. The summed E-state index contributed by atoms with van der Waals surface area (Å²) < 4.78 is 0. The number of amides is 1. The summed E-state index contributed by atoms with van der Waals surface area (Å²) >= 11 is 0. The summed E-state index contributed by atoms with van der Waals surface area (Å²) in [5.41, 5.74) is 0.207. The van der Waals surface area contributed by atoms with Crippen molar-refractivity contribution < 1.29 is 4.79 Å². The van der Waals surface area contributed by atoms with Crippen molar-refractivity contribution in [1.82, 2.24) is 15.5 Å². The van der Waals surface area contributed by atoms with Crippen molar-refractivity contribution in [2.75, 3.05) is 27.2 Å². The van der Waals surface area contributed by atoms with Gasteiger partial charge < -0.3 is 15.5 Å². The van der Waals surface area contributed by atoms with Gasteiger partial charge in [0.15, 0.2) is 0 Å². The van der Waals surface area contributed by atoms with Crippen molar-refractivity contribution in [2.24, 2.45) is 0 Å². The Labute approximate surface area is 123 Å². The van der Waals surface area contributed by atoms with Crippen LogP contribution in [0.4, 0.5) is 0 Å². The lowest BCUT2D eigenvalue weighted by molar-refractivity contribution is -0.121. The number of hydrogen-bond donors (Lipinski definition) is 2. The number of nitrogens with zero attached hydrogens (tertiary/aromatic N) is 1. The highest BCUT2D eigenvalue weighted by Gasteiger charge is 2.36. The molecule has 1 aliphatic heterocycles. The summed E-state index contributed by atoms with van der Waals surface area (Å²) in [7, 11) is 4.28. The quantitative estimate of drug-likeness (QED) is 0.781. The second-order valence-electron chi connectivity index (χ2n) is 6.79. The van der Waals surface area contributed by atoms with E-state index in [4.69, 9.17) is 0 Å². The van der Waals surface area contributed by atoms with Crippen LogP contribution in [0.1, 0.15) is 57.8 Å². The zero-order valence-electron chi connectivity index (χ0n) is 13.2. The summed E-state index contributed by atoms with van der Waals surface area (Å²) in [6.45, 7) is 1.94. The van der Waals surface area contributed by atoms with E-state index in [0.29, 0.717) is 12.5 Å². The van der Waals surface area contributed by atoms with Crippen molar-refractivity contribution >= 4 is 5.91 Å². The van der Waals surface area contributed by atoms with Crippen LogP contribution in [0.5, 0.6) is 0 Å². The predicted octanol–water partition coefficient (Wildman–Crippen LogP) is 1.90. The molecule has 2 aliphatic rings. The molecule has 0 aromatic rings. The smallest absolute Gasteiger partial charge is 0.220 e. The number of hydrogen-bond acceptors (Lipinski definition) is 3. The molecule has 2 N–H and O–H groups in total. The van der Waals surface area contributed by atoms with Crippen LogP contribution in [0.15, 0.2) is 0 Å². The average Bonchev–Trinajstić information content (AvgIpc) is 2.94. The molecule has 1 saturated carbocycles. The minimum absolute atomic E-state index is 0.207. The fourth-order valence-corrected chi connectivity index (χ4v) is 3.64. The Morgan fingerprint density at radius 1 is 1.25 bits per heavy atom. The first-order valence-electron chi connectivity index (χ1n) is 8.30. The Bertz CT molecular complexity index is 305. The zero-order valence-corrected chi connectivity index (χ0v) is 13.2. The minimum atomic E-state index is 0.207. The molecule has 2 rings (SSSR count). The van der Waals surface area contributed by atoms with Gasteiger partial charge in [0.1, 0.15) is 0 Å². The van der Waals surface area contributed by atoms with Crippen LogP contribution < -0.4 is 10.6 Å². The molecular formula is C16H31N3O. The van der Waals surface area contributed by atoms with Crippen molar-refractivity contribution in [3.63, 3.8) is 0 Å². The Morgan fingerprint density at radius 2 is 2.00 bits per heavy atom. The summed E-state index contributed by atoms with van der Waals surface area (Å²) in [6, 6.07) is 0.559. The molecule has 1 saturated heterocycles. The first kappa shape index (κ1) is 15.8. The maximum atomic E-state index is 12.0. The maximum Gasteiger partial charge on any atom is 0.220 e. The number of carbonyl (C=O) groups is 1. The van der Waals surface area contributed by atoms with Crippen molar-refractivity contribution in [3.8, 4) is 0 Å². The molecule has 0 aromatic carbocycles. The minimum Gasteiger partial charge on any atom is -0.354 e. The van der Waals surface area contributed by atoms with E-state index in [9.17, 15) is 4.79 Å². The van der Waals surface area contributed by atoms with Crippen LogP contribution in [0.2, 0.25) is 0 Å². The Hall–Kier alpha value is -0.610. The fourth-order valence-electron chi connectivity index (χ4n) is 3.64. The molecular weight excluding hydrogens is 250 g/mol. The average molecular weight is 281 g/mol. The van der Waals surface area contributed by atoms with Gasteiger partial charge in [-0.2, -0.15) is 0 Å². The molecule has 0 bridgehead atoms. The van der Waals surface area contributed by atoms with Gasteiger partial charge in [0, 0.05) is 24.5 Å². The van der Waals surface area contributed by atoms with Gasteiger partial charge in [-0.05, 0) is 52.7 Å². The Kier molecular flexibility index (Phi) is 5.85.